The molecule has 0 spiro atoms. The van der Waals surface area contributed by atoms with Crippen LogP contribution in [0.4, 0.5) is 5.69 Å². The summed E-state index contributed by atoms with van der Waals surface area (Å²) in [5.74, 6) is 0.813. The van der Waals surface area contributed by atoms with Crippen molar-refractivity contribution in [1.29, 1.82) is 0 Å². The molecule has 2 rings (SSSR count). The fourth-order valence-corrected chi connectivity index (χ4v) is 2.70. The van der Waals surface area contributed by atoms with E-state index in [0.29, 0.717) is 6.04 Å². The van der Waals surface area contributed by atoms with Crippen LogP contribution in [0.5, 0.6) is 0 Å². The SMILES string of the molecule is CC1CCCC1Nc1cccc(CN(C)C)c1. The van der Waals surface area contributed by atoms with Crippen molar-refractivity contribution in [1.82, 2.24) is 4.90 Å². The summed E-state index contributed by atoms with van der Waals surface area (Å²) >= 11 is 0. The Bertz CT molecular complexity index is 360. The minimum absolute atomic E-state index is 0.671. The molecule has 1 aliphatic rings. The Morgan fingerprint density at radius 1 is 1.29 bits per heavy atom. The van der Waals surface area contributed by atoms with Gasteiger partial charge in [-0.05, 0) is 50.6 Å². The Morgan fingerprint density at radius 2 is 2.12 bits per heavy atom. The maximum Gasteiger partial charge on any atom is 0.0345 e. The zero-order chi connectivity index (χ0) is 12.3. The number of hydrogen-bond acceptors (Lipinski definition) is 2. The van der Waals surface area contributed by atoms with Gasteiger partial charge in [-0.3, -0.25) is 0 Å². The van der Waals surface area contributed by atoms with Crippen molar-refractivity contribution < 1.29 is 0 Å². The minimum atomic E-state index is 0.671. The van der Waals surface area contributed by atoms with Crippen LogP contribution >= 0.6 is 0 Å². The average molecular weight is 232 g/mol. The van der Waals surface area contributed by atoms with Gasteiger partial charge in [-0.25, -0.2) is 0 Å². The van der Waals surface area contributed by atoms with Crippen molar-refractivity contribution >= 4 is 5.69 Å². The number of anilines is 1. The molecule has 17 heavy (non-hydrogen) atoms. The molecule has 1 aliphatic carbocycles. The van der Waals surface area contributed by atoms with Gasteiger partial charge in [0.2, 0.25) is 0 Å². The standard InChI is InChI=1S/C15H24N2/c1-12-6-4-9-15(12)16-14-8-5-7-13(10-14)11-17(2)3/h5,7-8,10,12,15-16H,4,6,9,11H2,1-3H3. The third-order valence-electron chi connectivity index (χ3n) is 3.64. The lowest BCUT2D eigenvalue weighted by atomic mass is 10.1. The lowest BCUT2D eigenvalue weighted by Gasteiger charge is -2.19. The molecule has 0 bridgehead atoms. The number of nitrogens with zero attached hydrogens (tertiary/aromatic N) is 1. The quantitative estimate of drug-likeness (QED) is 0.856. The molecule has 0 heterocycles. The molecule has 2 nitrogen and oxygen atoms in total. The molecule has 1 saturated carbocycles. The zero-order valence-corrected chi connectivity index (χ0v) is 11.2. The molecule has 94 valence electrons. The highest BCUT2D eigenvalue weighted by atomic mass is 15.0. The van der Waals surface area contributed by atoms with E-state index in [-0.39, 0.29) is 0 Å². The molecule has 0 amide bonds. The van der Waals surface area contributed by atoms with Gasteiger partial charge < -0.3 is 10.2 Å². The number of nitrogens with one attached hydrogen (secondary N) is 1. The maximum atomic E-state index is 3.69. The van der Waals surface area contributed by atoms with E-state index in [9.17, 15) is 0 Å². The predicted octanol–water partition coefficient (Wildman–Crippen LogP) is 3.35. The van der Waals surface area contributed by atoms with Gasteiger partial charge in [0.15, 0.2) is 0 Å². The first-order valence-corrected chi connectivity index (χ1v) is 6.65. The highest BCUT2D eigenvalue weighted by molar-refractivity contribution is 5.46. The molecule has 2 atom stereocenters. The number of benzene rings is 1. The lowest BCUT2D eigenvalue weighted by molar-refractivity contribution is 0.402. The van der Waals surface area contributed by atoms with Gasteiger partial charge in [-0.2, -0.15) is 0 Å². The first kappa shape index (κ1) is 12.4. The minimum Gasteiger partial charge on any atom is -0.382 e. The van der Waals surface area contributed by atoms with E-state index in [4.69, 9.17) is 0 Å². The Balaban J connectivity index is 2.00. The van der Waals surface area contributed by atoms with Gasteiger partial charge in [0.25, 0.3) is 0 Å². The molecule has 1 fully saturated rings. The van der Waals surface area contributed by atoms with Gasteiger partial charge in [0, 0.05) is 18.3 Å². The number of rotatable bonds is 4. The molecule has 0 saturated heterocycles. The van der Waals surface area contributed by atoms with Crippen molar-refractivity contribution in [3.05, 3.63) is 29.8 Å². The van der Waals surface area contributed by atoms with Gasteiger partial charge in [0.1, 0.15) is 0 Å². The summed E-state index contributed by atoms with van der Waals surface area (Å²) in [6, 6.07) is 9.49. The van der Waals surface area contributed by atoms with E-state index in [2.05, 4.69) is 55.5 Å². The lowest BCUT2D eigenvalue weighted by Crippen LogP contribution is -2.21. The van der Waals surface area contributed by atoms with Crippen molar-refractivity contribution in [3.8, 4) is 0 Å². The van der Waals surface area contributed by atoms with Gasteiger partial charge in [0.05, 0.1) is 0 Å². The van der Waals surface area contributed by atoms with Gasteiger partial charge >= 0.3 is 0 Å². The van der Waals surface area contributed by atoms with Crippen LogP contribution in [0, 0.1) is 5.92 Å². The largest absolute Gasteiger partial charge is 0.382 e. The van der Waals surface area contributed by atoms with Crippen LogP contribution in [-0.4, -0.2) is 25.0 Å². The molecule has 1 aromatic rings. The molecular weight excluding hydrogens is 208 g/mol. The van der Waals surface area contributed by atoms with Crippen LogP contribution in [0.2, 0.25) is 0 Å². The Hall–Kier alpha value is -1.02. The molecule has 1 N–H and O–H groups in total. The highest BCUT2D eigenvalue weighted by Crippen LogP contribution is 2.28. The Morgan fingerprint density at radius 3 is 2.76 bits per heavy atom. The molecule has 0 radical (unpaired) electrons. The van der Waals surface area contributed by atoms with E-state index in [1.54, 1.807) is 0 Å². The van der Waals surface area contributed by atoms with Crippen molar-refractivity contribution in [2.75, 3.05) is 19.4 Å². The first-order valence-electron chi connectivity index (χ1n) is 6.65. The topological polar surface area (TPSA) is 15.3 Å². The summed E-state index contributed by atoms with van der Waals surface area (Å²) in [5, 5.41) is 3.69. The summed E-state index contributed by atoms with van der Waals surface area (Å²) in [7, 11) is 4.22. The second kappa shape index (κ2) is 5.54. The van der Waals surface area contributed by atoms with Crippen LogP contribution in [0.1, 0.15) is 31.7 Å². The third-order valence-corrected chi connectivity index (χ3v) is 3.64. The van der Waals surface area contributed by atoms with Crippen molar-refractivity contribution in [2.24, 2.45) is 5.92 Å². The average Bonchev–Trinajstić information content (AvgIpc) is 2.64. The fraction of sp³-hybridized carbons (Fsp3) is 0.600. The summed E-state index contributed by atoms with van der Waals surface area (Å²) in [4.78, 5) is 2.21. The molecule has 2 heteroatoms. The van der Waals surface area contributed by atoms with Gasteiger partial charge in [-0.15, -0.1) is 0 Å². The summed E-state index contributed by atoms with van der Waals surface area (Å²) < 4.78 is 0. The van der Waals surface area contributed by atoms with E-state index in [0.717, 1.165) is 12.5 Å². The summed E-state index contributed by atoms with van der Waals surface area (Å²) in [6.45, 7) is 3.37. The van der Waals surface area contributed by atoms with Crippen LogP contribution in [0.25, 0.3) is 0 Å². The van der Waals surface area contributed by atoms with E-state index >= 15 is 0 Å². The molecule has 0 aliphatic heterocycles. The van der Waals surface area contributed by atoms with E-state index in [1.165, 1.54) is 30.5 Å². The molecular formula is C15H24N2. The summed E-state index contributed by atoms with van der Waals surface area (Å²) in [5.41, 5.74) is 2.66. The van der Waals surface area contributed by atoms with Crippen LogP contribution in [0.3, 0.4) is 0 Å². The smallest absolute Gasteiger partial charge is 0.0345 e. The zero-order valence-electron chi connectivity index (χ0n) is 11.2. The predicted molar refractivity (Wildman–Crippen MR) is 74.3 cm³/mol. The summed E-state index contributed by atoms with van der Waals surface area (Å²) in [6.07, 6.45) is 4.06. The Labute approximate surface area is 105 Å². The second-order valence-corrected chi connectivity index (χ2v) is 5.60. The molecule has 2 unspecified atom stereocenters. The Kier molecular flexibility index (Phi) is 4.06. The second-order valence-electron chi connectivity index (χ2n) is 5.60. The maximum absolute atomic E-state index is 3.69. The normalized spacial score (nSPS) is 24.2. The fourth-order valence-electron chi connectivity index (χ4n) is 2.70. The third kappa shape index (κ3) is 3.47. The van der Waals surface area contributed by atoms with Crippen LogP contribution < -0.4 is 5.32 Å². The van der Waals surface area contributed by atoms with E-state index in [1.807, 2.05) is 0 Å². The first-order chi connectivity index (χ1) is 8.15. The number of hydrogen-bond donors (Lipinski definition) is 1. The van der Waals surface area contributed by atoms with Crippen molar-refractivity contribution in [3.63, 3.8) is 0 Å². The highest BCUT2D eigenvalue weighted by Gasteiger charge is 2.22. The van der Waals surface area contributed by atoms with Gasteiger partial charge in [-0.1, -0.05) is 25.5 Å². The molecule has 0 aromatic heterocycles. The molecule has 1 aromatic carbocycles. The monoisotopic (exact) mass is 232 g/mol. The van der Waals surface area contributed by atoms with Crippen molar-refractivity contribution in [2.45, 2.75) is 38.8 Å². The van der Waals surface area contributed by atoms with Crippen LogP contribution in [0.15, 0.2) is 24.3 Å². The van der Waals surface area contributed by atoms with E-state index < -0.39 is 0 Å². The van der Waals surface area contributed by atoms with Crippen LogP contribution in [-0.2, 0) is 6.54 Å².